The van der Waals surface area contributed by atoms with E-state index in [1.165, 1.54) is 18.2 Å². The summed E-state index contributed by atoms with van der Waals surface area (Å²) in [5, 5.41) is 4.70. The molecule has 0 N–H and O–H groups in total. The molecule has 0 aliphatic heterocycles. The Kier molecular flexibility index (Phi) is 4.73. The molecule has 0 radical (unpaired) electrons. The smallest absolute Gasteiger partial charge is 0.178 e. The number of sulfone groups is 1. The lowest BCUT2D eigenvalue weighted by Crippen LogP contribution is -2.12. The number of benzene rings is 1. The van der Waals surface area contributed by atoms with Gasteiger partial charge in [0.2, 0.25) is 0 Å². The Balaban J connectivity index is 2.17. The first-order valence-corrected chi connectivity index (χ1v) is 8.53. The van der Waals surface area contributed by atoms with E-state index in [1.54, 1.807) is 10.9 Å². The lowest BCUT2D eigenvalue weighted by molar-refractivity contribution is 0.590. The van der Waals surface area contributed by atoms with Crippen LogP contribution in [0.2, 0.25) is 10.0 Å². The average Bonchev–Trinajstić information content (AvgIpc) is 2.87. The zero-order valence-electron chi connectivity index (χ0n) is 10.9. The average molecular weight is 333 g/mol. The molecule has 1 aromatic heterocycles. The number of rotatable bonds is 5. The van der Waals surface area contributed by atoms with E-state index in [1.807, 2.05) is 13.0 Å². The molecule has 0 fully saturated rings. The number of halogens is 2. The highest BCUT2D eigenvalue weighted by atomic mass is 35.5. The van der Waals surface area contributed by atoms with Gasteiger partial charge in [0.25, 0.3) is 0 Å². The number of aromatic nitrogens is 2. The predicted molar refractivity (Wildman–Crippen MR) is 80.1 cm³/mol. The van der Waals surface area contributed by atoms with Crippen LogP contribution in [0.3, 0.4) is 0 Å². The number of hydrogen-bond donors (Lipinski definition) is 0. The SMILES string of the molecule is CCn1nccc1CCS(=O)(=O)c1ccc(Cl)c(Cl)c1. The van der Waals surface area contributed by atoms with Crippen LogP contribution < -0.4 is 0 Å². The number of hydrogen-bond acceptors (Lipinski definition) is 3. The molecule has 0 saturated carbocycles. The molecule has 0 spiro atoms. The maximum atomic E-state index is 12.3. The first-order chi connectivity index (χ1) is 9.44. The van der Waals surface area contributed by atoms with Crippen LogP contribution in [0, 0.1) is 0 Å². The lowest BCUT2D eigenvalue weighted by atomic mass is 10.3. The lowest BCUT2D eigenvalue weighted by Gasteiger charge is -2.07. The fourth-order valence-electron chi connectivity index (χ4n) is 1.88. The molecule has 1 heterocycles. The standard InChI is InChI=1S/C13H14Cl2N2O2S/c1-2-17-10(5-7-16-17)6-8-20(18,19)11-3-4-12(14)13(15)9-11/h3-5,7,9H,2,6,8H2,1H3. The Hall–Kier alpha value is -1.04. The molecule has 2 rings (SSSR count). The molecule has 0 amide bonds. The highest BCUT2D eigenvalue weighted by Crippen LogP contribution is 2.25. The van der Waals surface area contributed by atoms with Crippen LogP contribution in [0.15, 0.2) is 35.4 Å². The topological polar surface area (TPSA) is 52.0 Å². The molecular formula is C13H14Cl2N2O2S. The highest BCUT2D eigenvalue weighted by Gasteiger charge is 2.16. The van der Waals surface area contributed by atoms with Crippen molar-refractivity contribution in [3.8, 4) is 0 Å². The third-order valence-corrected chi connectivity index (χ3v) is 5.43. The van der Waals surface area contributed by atoms with Gasteiger partial charge >= 0.3 is 0 Å². The van der Waals surface area contributed by atoms with Crippen molar-refractivity contribution in [2.75, 3.05) is 5.75 Å². The molecule has 4 nitrogen and oxygen atoms in total. The summed E-state index contributed by atoms with van der Waals surface area (Å²) in [6.07, 6.45) is 2.08. The Bertz CT molecular complexity index is 711. The van der Waals surface area contributed by atoms with E-state index in [0.717, 1.165) is 12.2 Å². The second-order valence-electron chi connectivity index (χ2n) is 4.28. The molecule has 20 heavy (non-hydrogen) atoms. The van der Waals surface area contributed by atoms with Crippen molar-refractivity contribution >= 4 is 33.0 Å². The van der Waals surface area contributed by atoms with Crippen molar-refractivity contribution < 1.29 is 8.42 Å². The van der Waals surface area contributed by atoms with Crippen LogP contribution in [-0.2, 0) is 22.8 Å². The van der Waals surface area contributed by atoms with E-state index >= 15 is 0 Å². The van der Waals surface area contributed by atoms with Crippen LogP contribution >= 0.6 is 23.2 Å². The van der Waals surface area contributed by atoms with E-state index in [2.05, 4.69) is 5.10 Å². The third-order valence-electron chi connectivity index (χ3n) is 2.98. The van der Waals surface area contributed by atoms with E-state index in [0.29, 0.717) is 11.4 Å². The van der Waals surface area contributed by atoms with Crippen LogP contribution in [0.25, 0.3) is 0 Å². The third kappa shape index (κ3) is 3.34. The molecule has 0 aliphatic rings. The zero-order valence-corrected chi connectivity index (χ0v) is 13.2. The summed E-state index contributed by atoms with van der Waals surface area (Å²) >= 11 is 11.6. The second kappa shape index (κ2) is 6.16. The Morgan fingerprint density at radius 2 is 1.95 bits per heavy atom. The van der Waals surface area contributed by atoms with E-state index in [-0.39, 0.29) is 15.7 Å². The van der Waals surface area contributed by atoms with Gasteiger partial charge in [0.15, 0.2) is 9.84 Å². The van der Waals surface area contributed by atoms with Crippen molar-refractivity contribution in [2.24, 2.45) is 0 Å². The summed E-state index contributed by atoms with van der Waals surface area (Å²) in [6.45, 7) is 2.68. The molecule has 0 bridgehead atoms. The summed E-state index contributed by atoms with van der Waals surface area (Å²) in [5.74, 6) is 0.0106. The molecule has 1 aromatic carbocycles. The minimum absolute atomic E-state index is 0.0106. The Morgan fingerprint density at radius 3 is 2.60 bits per heavy atom. The van der Waals surface area contributed by atoms with E-state index in [4.69, 9.17) is 23.2 Å². The van der Waals surface area contributed by atoms with Gasteiger partial charge in [-0.3, -0.25) is 4.68 Å². The maximum absolute atomic E-state index is 12.3. The molecule has 108 valence electrons. The normalized spacial score (nSPS) is 11.8. The summed E-state index contributed by atoms with van der Waals surface area (Å²) in [5.41, 5.74) is 0.899. The highest BCUT2D eigenvalue weighted by molar-refractivity contribution is 7.91. The van der Waals surface area contributed by atoms with Gasteiger partial charge in [-0.1, -0.05) is 23.2 Å². The molecule has 7 heteroatoms. The number of nitrogens with zero attached hydrogens (tertiary/aromatic N) is 2. The Labute approximate surface area is 128 Å². The molecule has 0 aliphatic carbocycles. The predicted octanol–water partition coefficient (Wildman–Crippen LogP) is 3.23. The summed E-state index contributed by atoms with van der Waals surface area (Å²) < 4.78 is 26.3. The minimum atomic E-state index is -3.38. The zero-order chi connectivity index (χ0) is 14.8. The summed E-state index contributed by atoms with van der Waals surface area (Å²) in [4.78, 5) is 0.189. The second-order valence-corrected chi connectivity index (χ2v) is 7.21. The molecule has 2 aromatic rings. The summed E-state index contributed by atoms with van der Waals surface area (Å²) in [7, 11) is -3.38. The van der Waals surface area contributed by atoms with Gasteiger partial charge in [-0.25, -0.2) is 8.42 Å². The van der Waals surface area contributed by atoms with Crippen molar-refractivity contribution in [1.82, 2.24) is 9.78 Å². The van der Waals surface area contributed by atoms with Crippen molar-refractivity contribution in [3.05, 3.63) is 46.2 Å². The fourth-order valence-corrected chi connectivity index (χ4v) is 3.53. The van der Waals surface area contributed by atoms with Gasteiger partial charge in [-0.15, -0.1) is 0 Å². The van der Waals surface area contributed by atoms with Crippen LogP contribution in [-0.4, -0.2) is 24.0 Å². The van der Waals surface area contributed by atoms with Gasteiger partial charge < -0.3 is 0 Å². The summed E-state index contributed by atoms with van der Waals surface area (Å²) in [6, 6.07) is 6.18. The molecule has 0 saturated heterocycles. The van der Waals surface area contributed by atoms with Gasteiger partial charge in [0.05, 0.1) is 20.7 Å². The first kappa shape index (κ1) is 15.4. The van der Waals surface area contributed by atoms with E-state index < -0.39 is 9.84 Å². The quantitative estimate of drug-likeness (QED) is 0.844. The van der Waals surface area contributed by atoms with Crippen molar-refractivity contribution in [2.45, 2.75) is 24.8 Å². The monoisotopic (exact) mass is 332 g/mol. The van der Waals surface area contributed by atoms with Crippen LogP contribution in [0.4, 0.5) is 0 Å². The van der Waals surface area contributed by atoms with Crippen LogP contribution in [0.5, 0.6) is 0 Å². The first-order valence-electron chi connectivity index (χ1n) is 6.12. The fraction of sp³-hybridized carbons (Fsp3) is 0.308. The molecule has 0 atom stereocenters. The number of aryl methyl sites for hydroxylation is 2. The van der Waals surface area contributed by atoms with Crippen molar-refractivity contribution in [3.63, 3.8) is 0 Å². The Morgan fingerprint density at radius 1 is 1.20 bits per heavy atom. The van der Waals surface area contributed by atoms with Gasteiger partial charge in [0.1, 0.15) is 0 Å². The van der Waals surface area contributed by atoms with Gasteiger partial charge in [-0.2, -0.15) is 5.10 Å². The minimum Gasteiger partial charge on any atom is -0.270 e. The molecule has 0 unspecified atom stereocenters. The van der Waals surface area contributed by atoms with Gasteiger partial charge in [-0.05, 0) is 31.2 Å². The molecular weight excluding hydrogens is 319 g/mol. The maximum Gasteiger partial charge on any atom is 0.178 e. The van der Waals surface area contributed by atoms with Crippen LogP contribution in [0.1, 0.15) is 12.6 Å². The largest absolute Gasteiger partial charge is 0.270 e. The van der Waals surface area contributed by atoms with Crippen molar-refractivity contribution in [1.29, 1.82) is 0 Å². The van der Waals surface area contributed by atoms with Gasteiger partial charge in [0, 0.05) is 24.9 Å². The van der Waals surface area contributed by atoms with E-state index in [9.17, 15) is 8.42 Å².